The van der Waals surface area contributed by atoms with Gasteiger partial charge in [-0.05, 0) is 56.2 Å². The molecule has 7 heteroatoms. The smallest absolute Gasteiger partial charge is 0.252 e. The summed E-state index contributed by atoms with van der Waals surface area (Å²) in [7, 11) is 0. The number of Topliss-reactive ketones (excluding diaryl/α,β-unsaturated/α-hetero) is 1. The van der Waals surface area contributed by atoms with E-state index in [0.717, 1.165) is 18.7 Å². The molecule has 1 saturated heterocycles. The minimum absolute atomic E-state index is 0. The zero-order chi connectivity index (χ0) is 19.7. The highest BCUT2D eigenvalue weighted by molar-refractivity contribution is 5.96. The number of carbonyl (C=O) groups is 2. The Morgan fingerprint density at radius 1 is 1.28 bits per heavy atom. The summed E-state index contributed by atoms with van der Waals surface area (Å²) in [5, 5.41) is 23.0. The molecule has 1 aromatic carbocycles. The molecule has 2 bridgehead atoms. The normalized spacial score (nSPS) is 33.8. The molecule has 0 unspecified atom stereocenters. The third-order valence-corrected chi connectivity index (χ3v) is 8.07. The maximum Gasteiger partial charge on any atom is 0.252 e. The number of halogens is 1. The first-order valence-electron chi connectivity index (χ1n) is 10.5. The van der Waals surface area contributed by atoms with Crippen LogP contribution in [0.25, 0.3) is 0 Å². The van der Waals surface area contributed by atoms with Gasteiger partial charge in [0.15, 0.2) is 0 Å². The number of piperidine rings is 1. The van der Waals surface area contributed by atoms with Gasteiger partial charge < -0.3 is 15.9 Å². The molecule has 1 heterocycles. The summed E-state index contributed by atoms with van der Waals surface area (Å²) >= 11 is 0. The molecule has 6 nitrogen and oxygen atoms in total. The number of rotatable bonds is 3. The van der Waals surface area contributed by atoms with Gasteiger partial charge >= 0.3 is 0 Å². The zero-order valence-corrected chi connectivity index (χ0v) is 17.3. The predicted octanol–water partition coefficient (Wildman–Crippen LogP) is 2.07. The van der Waals surface area contributed by atoms with Crippen LogP contribution in [0.2, 0.25) is 0 Å². The second-order valence-electron chi connectivity index (χ2n) is 9.34. The summed E-state index contributed by atoms with van der Waals surface area (Å²) in [6.07, 6.45) is 6.05. The molecule has 1 aromatic rings. The Morgan fingerprint density at radius 3 is 2.69 bits per heavy atom. The number of fused-ring (bicyclic) bond motifs is 1. The highest BCUT2D eigenvalue weighted by atomic mass is 35.5. The number of primary amides is 1. The summed E-state index contributed by atoms with van der Waals surface area (Å²) in [5.41, 5.74) is 5.18. The van der Waals surface area contributed by atoms with Crippen molar-refractivity contribution in [2.75, 3.05) is 13.1 Å². The van der Waals surface area contributed by atoms with Gasteiger partial charge in [0, 0.05) is 36.4 Å². The van der Waals surface area contributed by atoms with Crippen LogP contribution in [-0.4, -0.2) is 51.5 Å². The molecule has 0 aromatic heterocycles. The first-order valence-corrected chi connectivity index (χ1v) is 10.5. The fraction of sp³-hybridized carbons (Fsp3) is 0.636. The van der Waals surface area contributed by atoms with Crippen LogP contribution in [0.5, 0.6) is 5.75 Å². The highest BCUT2D eigenvalue weighted by Crippen LogP contribution is 2.59. The van der Waals surface area contributed by atoms with Crippen molar-refractivity contribution in [3.63, 3.8) is 0 Å². The van der Waals surface area contributed by atoms with Crippen molar-refractivity contribution in [1.29, 1.82) is 0 Å². The van der Waals surface area contributed by atoms with Gasteiger partial charge in [0.05, 0.1) is 11.2 Å². The summed E-state index contributed by atoms with van der Waals surface area (Å²) < 4.78 is 0. The Labute approximate surface area is 176 Å². The van der Waals surface area contributed by atoms with Gasteiger partial charge in [-0.1, -0.05) is 12.5 Å². The molecule has 0 radical (unpaired) electrons. The Bertz CT molecular complexity index is 871. The van der Waals surface area contributed by atoms with Crippen LogP contribution in [0.3, 0.4) is 0 Å². The van der Waals surface area contributed by atoms with Crippen LogP contribution in [-0.2, 0) is 16.6 Å². The molecule has 1 amide bonds. The lowest BCUT2D eigenvalue weighted by molar-refractivity contribution is -0.175. The first kappa shape index (κ1) is 20.6. The van der Waals surface area contributed by atoms with Crippen molar-refractivity contribution in [2.24, 2.45) is 11.7 Å². The summed E-state index contributed by atoms with van der Waals surface area (Å²) in [5.74, 6) is -0.00288. The van der Waals surface area contributed by atoms with Gasteiger partial charge in [0.25, 0.3) is 5.91 Å². The molecular weight excluding hydrogens is 392 g/mol. The first-order chi connectivity index (χ1) is 13.4. The third-order valence-electron chi connectivity index (χ3n) is 8.07. The molecule has 5 rings (SSSR count). The lowest BCUT2D eigenvalue weighted by Crippen LogP contribution is -2.73. The summed E-state index contributed by atoms with van der Waals surface area (Å²) in [6.45, 7) is 1.80. The number of hydrogen-bond acceptors (Lipinski definition) is 5. The summed E-state index contributed by atoms with van der Waals surface area (Å²) in [4.78, 5) is 26.8. The average molecular weight is 421 g/mol. The molecule has 3 aliphatic carbocycles. The molecule has 3 fully saturated rings. The van der Waals surface area contributed by atoms with Gasteiger partial charge in [0.2, 0.25) is 0 Å². The topological polar surface area (TPSA) is 104 Å². The molecule has 2 saturated carbocycles. The van der Waals surface area contributed by atoms with E-state index >= 15 is 0 Å². The van der Waals surface area contributed by atoms with Gasteiger partial charge in [-0.2, -0.15) is 0 Å². The van der Waals surface area contributed by atoms with Crippen LogP contribution in [0, 0.1) is 5.92 Å². The van der Waals surface area contributed by atoms with Crippen molar-refractivity contribution in [1.82, 2.24) is 4.90 Å². The average Bonchev–Trinajstić information content (AvgIpc) is 2.59. The predicted molar refractivity (Wildman–Crippen MR) is 110 cm³/mol. The number of aliphatic hydroxyl groups is 1. The van der Waals surface area contributed by atoms with E-state index in [1.54, 1.807) is 6.07 Å². The van der Waals surface area contributed by atoms with Crippen LogP contribution in [0.15, 0.2) is 12.1 Å². The number of carbonyl (C=O) groups excluding carboxylic acids is 2. The fourth-order valence-electron chi connectivity index (χ4n) is 6.43. The molecule has 0 spiro atoms. The minimum atomic E-state index is -1.07. The second-order valence-corrected chi connectivity index (χ2v) is 9.34. The van der Waals surface area contributed by atoms with Crippen LogP contribution in [0.4, 0.5) is 0 Å². The molecule has 158 valence electrons. The van der Waals surface area contributed by atoms with Crippen molar-refractivity contribution in [2.45, 2.75) is 68.4 Å². The van der Waals surface area contributed by atoms with Crippen molar-refractivity contribution in [3.8, 4) is 5.75 Å². The number of amides is 1. The van der Waals surface area contributed by atoms with Crippen molar-refractivity contribution in [3.05, 3.63) is 28.8 Å². The summed E-state index contributed by atoms with van der Waals surface area (Å²) in [6, 6.07) is 3.38. The van der Waals surface area contributed by atoms with E-state index in [1.165, 1.54) is 19.3 Å². The molecule has 1 aliphatic heterocycles. The quantitative estimate of drug-likeness (QED) is 0.694. The number of phenols is 1. The Morgan fingerprint density at radius 2 is 2.03 bits per heavy atom. The Hall–Kier alpha value is -1.63. The number of benzene rings is 1. The van der Waals surface area contributed by atoms with E-state index in [0.29, 0.717) is 37.2 Å². The van der Waals surface area contributed by atoms with Crippen LogP contribution >= 0.6 is 12.4 Å². The van der Waals surface area contributed by atoms with E-state index in [9.17, 15) is 19.8 Å². The largest absolute Gasteiger partial charge is 0.507 e. The molecule has 29 heavy (non-hydrogen) atoms. The van der Waals surface area contributed by atoms with Gasteiger partial charge in [0.1, 0.15) is 11.5 Å². The van der Waals surface area contributed by atoms with E-state index in [-0.39, 0.29) is 42.0 Å². The zero-order valence-electron chi connectivity index (χ0n) is 16.5. The van der Waals surface area contributed by atoms with E-state index in [1.807, 2.05) is 6.07 Å². The molecule has 3 atom stereocenters. The third kappa shape index (κ3) is 2.76. The maximum absolute atomic E-state index is 12.5. The van der Waals surface area contributed by atoms with Gasteiger partial charge in [-0.25, -0.2) is 0 Å². The number of aromatic hydroxyl groups is 1. The highest BCUT2D eigenvalue weighted by Gasteiger charge is 2.65. The number of nitrogens with two attached hydrogens (primary N) is 1. The number of hydrogen-bond donors (Lipinski definition) is 3. The molecular formula is C22H29ClN2O4. The maximum atomic E-state index is 12.5. The second kappa shape index (κ2) is 6.96. The number of nitrogens with zero attached hydrogens (tertiary/aromatic N) is 1. The molecule has 4 aliphatic rings. The SMILES string of the molecule is Cl.NC(=O)c1ccc2c(c1O)[C@]13CCN(CC4CCC4)[C@H](C2)[C@]1(O)CCC(=O)C3. The fourth-order valence-corrected chi connectivity index (χ4v) is 6.43. The van der Waals surface area contributed by atoms with Gasteiger partial charge in [-0.3, -0.25) is 14.5 Å². The van der Waals surface area contributed by atoms with Gasteiger partial charge in [-0.15, -0.1) is 12.4 Å². The lowest BCUT2D eigenvalue weighted by atomic mass is 9.49. The Balaban J connectivity index is 0.00000205. The number of likely N-dealkylation sites (tertiary alicyclic amines) is 1. The number of ketones is 1. The van der Waals surface area contributed by atoms with E-state index in [4.69, 9.17) is 5.73 Å². The minimum Gasteiger partial charge on any atom is -0.507 e. The standard InChI is InChI=1S/C22H28N2O4.ClH/c23-20(27)16-5-4-14-10-17-22(28)7-6-15(25)11-21(22,18(14)19(16)26)8-9-24(17)12-13-2-1-3-13;/h4-5,13,17,26,28H,1-3,6-12H2,(H2,23,27);1H/t17-,21-,22-;/m1./s1. The van der Waals surface area contributed by atoms with E-state index < -0.39 is 16.9 Å². The Kier molecular flexibility index (Phi) is 4.95. The van der Waals surface area contributed by atoms with Crippen LogP contribution in [0.1, 0.15) is 66.4 Å². The van der Waals surface area contributed by atoms with Crippen molar-refractivity contribution < 1.29 is 19.8 Å². The van der Waals surface area contributed by atoms with E-state index in [2.05, 4.69) is 4.90 Å². The lowest BCUT2D eigenvalue weighted by Gasteiger charge is -2.63. The van der Waals surface area contributed by atoms with Crippen LogP contribution < -0.4 is 5.73 Å². The van der Waals surface area contributed by atoms with Crippen molar-refractivity contribution >= 4 is 24.1 Å². The molecule has 4 N–H and O–H groups in total. The monoisotopic (exact) mass is 420 g/mol.